The lowest BCUT2D eigenvalue weighted by molar-refractivity contribution is 0.0927. The molecule has 0 bridgehead atoms. The Kier molecular flexibility index (Phi) is 6.21. The van der Waals surface area contributed by atoms with Gasteiger partial charge in [-0.1, -0.05) is 35.9 Å². The molecule has 0 fully saturated rings. The molecule has 2 rings (SSSR count). The van der Waals surface area contributed by atoms with E-state index in [0.29, 0.717) is 29.2 Å². The normalized spacial score (nSPS) is 10.1. The number of hydrogen-bond donors (Lipinski definition) is 2. The third-order valence-corrected chi connectivity index (χ3v) is 4.20. The molecule has 2 aromatic rings. The Balaban J connectivity index is 1.80. The molecule has 4 nitrogen and oxygen atoms in total. The van der Waals surface area contributed by atoms with E-state index in [1.807, 2.05) is 18.2 Å². The molecular formula is C16H14ClIN2O2. The zero-order chi connectivity index (χ0) is 15.9. The summed E-state index contributed by atoms with van der Waals surface area (Å²) in [7, 11) is 0. The smallest absolute Gasteiger partial charge is 0.252 e. The minimum atomic E-state index is -0.255. The van der Waals surface area contributed by atoms with E-state index >= 15 is 0 Å². The van der Waals surface area contributed by atoms with Crippen molar-refractivity contribution in [2.75, 3.05) is 13.1 Å². The fraction of sp³-hybridized carbons (Fsp3) is 0.125. The summed E-state index contributed by atoms with van der Waals surface area (Å²) in [5.74, 6) is -0.411. The number of carbonyl (C=O) groups excluding carboxylic acids is 2. The summed E-state index contributed by atoms with van der Waals surface area (Å²) in [4.78, 5) is 23.9. The van der Waals surface area contributed by atoms with Crippen molar-refractivity contribution in [3.8, 4) is 0 Å². The summed E-state index contributed by atoms with van der Waals surface area (Å²) in [6.45, 7) is 0.680. The fourth-order valence-electron chi connectivity index (χ4n) is 1.83. The van der Waals surface area contributed by atoms with E-state index in [9.17, 15) is 9.59 Å². The quantitative estimate of drug-likeness (QED) is 0.568. The number of halogens is 2. The number of hydrogen-bond acceptors (Lipinski definition) is 2. The van der Waals surface area contributed by atoms with Crippen molar-refractivity contribution < 1.29 is 9.59 Å². The van der Waals surface area contributed by atoms with Crippen LogP contribution in [0, 0.1) is 3.57 Å². The molecule has 0 atom stereocenters. The van der Waals surface area contributed by atoms with Gasteiger partial charge in [0.15, 0.2) is 0 Å². The van der Waals surface area contributed by atoms with Gasteiger partial charge in [0.1, 0.15) is 0 Å². The van der Waals surface area contributed by atoms with E-state index in [2.05, 4.69) is 33.2 Å². The first-order valence-corrected chi connectivity index (χ1v) is 8.10. The Morgan fingerprint density at radius 2 is 1.36 bits per heavy atom. The molecule has 0 heterocycles. The Labute approximate surface area is 147 Å². The summed E-state index contributed by atoms with van der Waals surface area (Å²) < 4.78 is 0.887. The molecule has 0 aliphatic carbocycles. The topological polar surface area (TPSA) is 58.2 Å². The van der Waals surface area contributed by atoms with Gasteiger partial charge >= 0.3 is 0 Å². The third-order valence-electron chi connectivity index (χ3n) is 2.93. The van der Waals surface area contributed by atoms with E-state index in [4.69, 9.17) is 11.6 Å². The minimum absolute atomic E-state index is 0.156. The summed E-state index contributed by atoms with van der Waals surface area (Å²) >= 11 is 8.06. The van der Waals surface area contributed by atoms with Gasteiger partial charge in [0.2, 0.25) is 0 Å². The number of amides is 2. The molecule has 2 amide bonds. The van der Waals surface area contributed by atoms with Crippen molar-refractivity contribution in [3.63, 3.8) is 0 Å². The fourth-order valence-corrected chi connectivity index (χ4v) is 2.69. The molecule has 2 aromatic carbocycles. The van der Waals surface area contributed by atoms with Gasteiger partial charge in [0.05, 0.1) is 16.1 Å². The van der Waals surface area contributed by atoms with Gasteiger partial charge in [-0.05, 0) is 46.9 Å². The first kappa shape index (κ1) is 16.8. The van der Waals surface area contributed by atoms with Crippen molar-refractivity contribution in [1.29, 1.82) is 0 Å². The predicted octanol–water partition coefficient (Wildman–Crippen LogP) is 3.10. The van der Waals surface area contributed by atoms with Crippen LogP contribution in [0.25, 0.3) is 0 Å². The van der Waals surface area contributed by atoms with Crippen LogP contribution in [0.15, 0.2) is 48.5 Å². The predicted molar refractivity (Wildman–Crippen MR) is 95.3 cm³/mol. The van der Waals surface area contributed by atoms with Crippen LogP contribution in [0.4, 0.5) is 0 Å². The van der Waals surface area contributed by atoms with Gasteiger partial charge in [0, 0.05) is 16.7 Å². The van der Waals surface area contributed by atoms with Gasteiger partial charge in [-0.2, -0.15) is 0 Å². The van der Waals surface area contributed by atoms with Crippen molar-refractivity contribution in [2.45, 2.75) is 0 Å². The lowest BCUT2D eigenvalue weighted by Gasteiger charge is -2.09. The van der Waals surface area contributed by atoms with Crippen LogP contribution >= 0.6 is 34.2 Å². The molecule has 6 heteroatoms. The molecule has 0 saturated heterocycles. The maximum Gasteiger partial charge on any atom is 0.252 e. The van der Waals surface area contributed by atoms with Gasteiger partial charge < -0.3 is 10.6 Å². The summed E-state index contributed by atoms with van der Waals surface area (Å²) in [6, 6.07) is 14.2. The molecule has 22 heavy (non-hydrogen) atoms. The monoisotopic (exact) mass is 428 g/mol. The van der Waals surface area contributed by atoms with Crippen LogP contribution in [0.2, 0.25) is 5.02 Å². The van der Waals surface area contributed by atoms with Crippen LogP contribution in [0.1, 0.15) is 20.7 Å². The highest BCUT2D eigenvalue weighted by atomic mass is 127. The molecule has 2 N–H and O–H groups in total. The van der Waals surface area contributed by atoms with E-state index in [1.54, 1.807) is 30.3 Å². The SMILES string of the molecule is O=C(NCCNC(=O)c1ccccc1I)c1ccccc1Cl. The van der Waals surface area contributed by atoms with E-state index in [0.717, 1.165) is 3.57 Å². The molecule has 0 radical (unpaired) electrons. The van der Waals surface area contributed by atoms with E-state index in [1.165, 1.54) is 0 Å². The highest BCUT2D eigenvalue weighted by molar-refractivity contribution is 14.1. The average Bonchev–Trinajstić information content (AvgIpc) is 2.52. The van der Waals surface area contributed by atoms with Gasteiger partial charge in [-0.15, -0.1) is 0 Å². The maximum atomic E-state index is 12.0. The van der Waals surface area contributed by atoms with Crippen molar-refractivity contribution in [1.82, 2.24) is 10.6 Å². The summed E-state index contributed by atoms with van der Waals surface area (Å²) in [5.41, 5.74) is 1.05. The van der Waals surface area contributed by atoms with Crippen LogP contribution < -0.4 is 10.6 Å². The third kappa shape index (κ3) is 4.45. The van der Waals surface area contributed by atoms with Crippen LogP contribution in [0.5, 0.6) is 0 Å². The Hall–Kier alpha value is -1.60. The molecule has 0 aliphatic rings. The molecule has 0 spiro atoms. The number of nitrogens with one attached hydrogen (secondary N) is 2. The van der Waals surface area contributed by atoms with Gasteiger partial charge in [-0.25, -0.2) is 0 Å². The van der Waals surface area contributed by atoms with Crippen molar-refractivity contribution in [3.05, 3.63) is 68.3 Å². The molecule has 0 aromatic heterocycles. The van der Waals surface area contributed by atoms with Gasteiger partial charge in [0.25, 0.3) is 11.8 Å². The molecule has 0 saturated carbocycles. The first-order chi connectivity index (χ1) is 10.6. The second-order valence-corrected chi connectivity index (χ2v) is 6.04. The Morgan fingerprint density at radius 1 is 0.864 bits per heavy atom. The van der Waals surface area contributed by atoms with Crippen LogP contribution in [-0.2, 0) is 0 Å². The molecule has 114 valence electrons. The Bertz CT molecular complexity index is 632. The number of benzene rings is 2. The van der Waals surface area contributed by atoms with Crippen LogP contribution in [-0.4, -0.2) is 24.9 Å². The van der Waals surface area contributed by atoms with E-state index < -0.39 is 0 Å². The highest BCUT2D eigenvalue weighted by Gasteiger charge is 2.10. The highest BCUT2D eigenvalue weighted by Crippen LogP contribution is 2.14. The second kappa shape index (κ2) is 8.14. The van der Waals surface area contributed by atoms with Crippen molar-refractivity contribution >= 4 is 46.0 Å². The lowest BCUT2D eigenvalue weighted by atomic mass is 10.2. The zero-order valence-corrected chi connectivity index (χ0v) is 14.5. The lowest BCUT2D eigenvalue weighted by Crippen LogP contribution is -2.35. The van der Waals surface area contributed by atoms with Crippen LogP contribution in [0.3, 0.4) is 0 Å². The number of carbonyl (C=O) groups is 2. The average molecular weight is 429 g/mol. The molecule has 0 unspecified atom stereocenters. The summed E-state index contributed by atoms with van der Waals surface area (Å²) in [6.07, 6.45) is 0. The maximum absolute atomic E-state index is 12.0. The minimum Gasteiger partial charge on any atom is -0.350 e. The largest absolute Gasteiger partial charge is 0.350 e. The van der Waals surface area contributed by atoms with Crippen molar-refractivity contribution in [2.24, 2.45) is 0 Å². The molecular weight excluding hydrogens is 415 g/mol. The first-order valence-electron chi connectivity index (χ1n) is 6.65. The van der Waals surface area contributed by atoms with E-state index in [-0.39, 0.29) is 11.8 Å². The second-order valence-electron chi connectivity index (χ2n) is 4.47. The van der Waals surface area contributed by atoms with Gasteiger partial charge in [-0.3, -0.25) is 9.59 Å². The molecule has 0 aliphatic heterocycles. The number of rotatable bonds is 5. The standard InChI is InChI=1S/C16H14ClIN2O2/c17-13-7-3-1-5-11(13)15(21)19-9-10-20-16(22)12-6-2-4-8-14(12)18/h1-8H,9-10H2,(H,19,21)(H,20,22). The zero-order valence-electron chi connectivity index (χ0n) is 11.6. The Morgan fingerprint density at radius 3 is 1.95 bits per heavy atom. The summed E-state index contributed by atoms with van der Waals surface area (Å²) in [5, 5.41) is 5.90.